The van der Waals surface area contributed by atoms with E-state index in [1.165, 1.54) is 44.1 Å². The highest BCUT2D eigenvalue weighted by Gasteiger charge is 2.10. The van der Waals surface area contributed by atoms with E-state index in [1.807, 2.05) is 0 Å². The number of rotatable bonds is 2. The smallest absolute Gasteiger partial charge is 0.0270 e. The fraction of sp³-hybridized carbons (Fsp3) is 0.600. The summed E-state index contributed by atoms with van der Waals surface area (Å²) in [4.78, 5) is 0. The third-order valence-corrected chi connectivity index (χ3v) is 3.09. The van der Waals surface area contributed by atoms with Gasteiger partial charge in [-0.15, -0.1) is 0 Å². The average Bonchev–Trinajstić information content (AvgIpc) is 2.69. The summed E-state index contributed by atoms with van der Waals surface area (Å²) in [6, 6.07) is 6.64. The normalized spacial score (nSPS) is 13.0. The van der Waals surface area contributed by atoms with Crippen molar-refractivity contribution in [2.45, 2.75) is 59.3 Å². The van der Waals surface area contributed by atoms with Gasteiger partial charge in [0.05, 0.1) is 0 Å². The second-order valence-corrected chi connectivity index (χ2v) is 4.42. The van der Waals surface area contributed by atoms with Gasteiger partial charge in [-0.2, -0.15) is 0 Å². The van der Waals surface area contributed by atoms with Crippen molar-refractivity contribution in [1.29, 1.82) is 0 Å². The number of fused-ring (bicyclic) bond motifs is 1. The van der Waals surface area contributed by atoms with Crippen molar-refractivity contribution < 1.29 is 0 Å². The van der Waals surface area contributed by atoms with Gasteiger partial charge >= 0.3 is 0 Å². The van der Waals surface area contributed by atoms with Crippen molar-refractivity contribution in [3.8, 4) is 0 Å². The Balaban J connectivity index is 0.000000195. The van der Waals surface area contributed by atoms with Crippen LogP contribution in [0, 0.1) is 6.92 Å². The van der Waals surface area contributed by atoms with Gasteiger partial charge in [-0.25, -0.2) is 0 Å². The number of unbranched alkanes of at least 4 members (excludes halogenated alkanes) is 2. The molecule has 84 valence electrons. The first kappa shape index (κ1) is 12.3. The minimum atomic E-state index is 1.30. The molecule has 0 atom stereocenters. The molecule has 0 unspecified atom stereocenters. The Labute approximate surface area is 94.7 Å². The molecule has 0 N–H and O–H groups in total. The van der Waals surface area contributed by atoms with Gasteiger partial charge in [0, 0.05) is 0 Å². The molecule has 2 rings (SSSR count). The lowest BCUT2D eigenvalue weighted by atomic mass is 10.1. The molecule has 0 saturated carbocycles. The van der Waals surface area contributed by atoms with Crippen molar-refractivity contribution in [3.05, 3.63) is 34.9 Å². The van der Waals surface area contributed by atoms with Gasteiger partial charge in [0.25, 0.3) is 0 Å². The number of benzene rings is 1. The van der Waals surface area contributed by atoms with Crippen LogP contribution in [0.1, 0.15) is 56.2 Å². The molecule has 0 aromatic heterocycles. The lowest BCUT2D eigenvalue weighted by molar-refractivity contribution is 0.772. The molecular formula is C15H24. The molecule has 1 aromatic carbocycles. The maximum Gasteiger partial charge on any atom is -0.0270 e. The Morgan fingerprint density at radius 2 is 1.80 bits per heavy atom. The summed E-state index contributed by atoms with van der Waals surface area (Å²) < 4.78 is 0. The van der Waals surface area contributed by atoms with Gasteiger partial charge in [0.2, 0.25) is 0 Å². The van der Waals surface area contributed by atoms with Gasteiger partial charge in [-0.05, 0) is 42.9 Å². The molecule has 0 amide bonds. The van der Waals surface area contributed by atoms with E-state index in [0.29, 0.717) is 0 Å². The van der Waals surface area contributed by atoms with Crippen molar-refractivity contribution >= 4 is 0 Å². The van der Waals surface area contributed by atoms with Crippen LogP contribution in [-0.2, 0) is 12.8 Å². The second-order valence-electron chi connectivity index (χ2n) is 4.42. The first-order valence-electron chi connectivity index (χ1n) is 6.37. The summed E-state index contributed by atoms with van der Waals surface area (Å²) in [5.41, 5.74) is 4.68. The zero-order chi connectivity index (χ0) is 11.1. The van der Waals surface area contributed by atoms with E-state index in [9.17, 15) is 0 Å². The quantitative estimate of drug-likeness (QED) is 0.656. The molecule has 0 radical (unpaired) electrons. The van der Waals surface area contributed by atoms with Gasteiger partial charge in [0.15, 0.2) is 0 Å². The van der Waals surface area contributed by atoms with Crippen LogP contribution in [0.4, 0.5) is 0 Å². The molecule has 0 heterocycles. The lowest BCUT2D eigenvalue weighted by Crippen LogP contribution is -1.84. The summed E-state index contributed by atoms with van der Waals surface area (Å²) in [6.07, 6.45) is 8.05. The van der Waals surface area contributed by atoms with Crippen LogP contribution in [0.25, 0.3) is 0 Å². The van der Waals surface area contributed by atoms with Crippen LogP contribution in [0.3, 0.4) is 0 Å². The predicted molar refractivity (Wildman–Crippen MR) is 68.4 cm³/mol. The topological polar surface area (TPSA) is 0 Å². The monoisotopic (exact) mass is 204 g/mol. The van der Waals surface area contributed by atoms with E-state index < -0.39 is 0 Å². The molecule has 1 aliphatic rings. The fourth-order valence-corrected chi connectivity index (χ4v) is 2.16. The fourth-order valence-electron chi connectivity index (χ4n) is 2.16. The zero-order valence-corrected chi connectivity index (χ0v) is 10.5. The van der Waals surface area contributed by atoms with Crippen LogP contribution in [0.5, 0.6) is 0 Å². The van der Waals surface area contributed by atoms with Crippen molar-refractivity contribution in [3.63, 3.8) is 0 Å². The molecule has 0 heteroatoms. The minimum Gasteiger partial charge on any atom is -0.0654 e. The number of aryl methyl sites for hydroxylation is 2. The molecule has 1 aromatic rings. The van der Waals surface area contributed by atoms with E-state index in [1.54, 1.807) is 11.1 Å². The summed E-state index contributed by atoms with van der Waals surface area (Å²) in [6.45, 7) is 6.64. The second kappa shape index (κ2) is 6.66. The van der Waals surface area contributed by atoms with E-state index >= 15 is 0 Å². The predicted octanol–water partition coefficient (Wildman–Crippen LogP) is 4.68. The van der Waals surface area contributed by atoms with Crippen molar-refractivity contribution in [2.75, 3.05) is 0 Å². The largest absolute Gasteiger partial charge is 0.0654 e. The lowest BCUT2D eigenvalue weighted by Gasteiger charge is -2.00. The SMILES string of the molecule is CCCCC.Cc1cccc2c1CCC2. The number of hydrogen-bond donors (Lipinski definition) is 0. The Hall–Kier alpha value is -0.780. The molecule has 0 nitrogen and oxygen atoms in total. The first-order chi connectivity index (χ1) is 7.29. The zero-order valence-electron chi connectivity index (χ0n) is 10.5. The summed E-state index contributed by atoms with van der Waals surface area (Å²) in [7, 11) is 0. The minimum absolute atomic E-state index is 1.30. The molecular weight excluding hydrogens is 180 g/mol. The molecule has 0 spiro atoms. The van der Waals surface area contributed by atoms with Crippen LogP contribution < -0.4 is 0 Å². The summed E-state index contributed by atoms with van der Waals surface area (Å²) >= 11 is 0. The molecule has 0 aliphatic heterocycles. The summed E-state index contributed by atoms with van der Waals surface area (Å²) in [5.74, 6) is 0. The molecule has 1 aliphatic carbocycles. The van der Waals surface area contributed by atoms with Gasteiger partial charge in [-0.1, -0.05) is 51.3 Å². The van der Waals surface area contributed by atoms with E-state index in [4.69, 9.17) is 0 Å². The van der Waals surface area contributed by atoms with Crippen molar-refractivity contribution in [2.24, 2.45) is 0 Å². The third kappa shape index (κ3) is 3.70. The van der Waals surface area contributed by atoms with Crippen LogP contribution in [-0.4, -0.2) is 0 Å². The highest BCUT2D eigenvalue weighted by Crippen LogP contribution is 2.24. The summed E-state index contributed by atoms with van der Waals surface area (Å²) in [5, 5.41) is 0. The highest BCUT2D eigenvalue weighted by molar-refractivity contribution is 5.37. The van der Waals surface area contributed by atoms with Gasteiger partial charge in [0.1, 0.15) is 0 Å². The van der Waals surface area contributed by atoms with Gasteiger partial charge < -0.3 is 0 Å². The van der Waals surface area contributed by atoms with E-state index in [0.717, 1.165) is 0 Å². The maximum atomic E-state index is 2.26. The Morgan fingerprint density at radius 3 is 2.33 bits per heavy atom. The van der Waals surface area contributed by atoms with Crippen LogP contribution in [0.15, 0.2) is 18.2 Å². The molecule has 0 saturated heterocycles. The Bertz CT molecular complexity index is 284. The molecule has 15 heavy (non-hydrogen) atoms. The Kier molecular flexibility index (Phi) is 5.45. The average molecular weight is 204 g/mol. The Morgan fingerprint density at radius 1 is 1.07 bits per heavy atom. The van der Waals surface area contributed by atoms with Gasteiger partial charge in [-0.3, -0.25) is 0 Å². The maximum absolute atomic E-state index is 2.26. The van der Waals surface area contributed by atoms with E-state index in [-0.39, 0.29) is 0 Å². The van der Waals surface area contributed by atoms with E-state index in [2.05, 4.69) is 39.0 Å². The number of hydrogen-bond acceptors (Lipinski definition) is 0. The van der Waals surface area contributed by atoms with Crippen LogP contribution in [0.2, 0.25) is 0 Å². The standard InChI is InChI=1S/C10H12.C5H12/c1-8-4-2-5-9-6-3-7-10(8)9;1-3-5-4-2/h2,4-5H,3,6-7H2,1H3;3-5H2,1-2H3. The highest BCUT2D eigenvalue weighted by atomic mass is 14.2. The van der Waals surface area contributed by atoms with Crippen molar-refractivity contribution in [1.82, 2.24) is 0 Å². The first-order valence-corrected chi connectivity index (χ1v) is 6.37. The third-order valence-electron chi connectivity index (χ3n) is 3.09. The van der Waals surface area contributed by atoms with Crippen LogP contribution >= 0.6 is 0 Å². The molecule has 0 fully saturated rings. The molecule has 0 bridgehead atoms.